The maximum atomic E-state index is 10.4. The summed E-state index contributed by atoms with van der Waals surface area (Å²) in [7, 11) is 0.424. The molecule has 0 fully saturated rings. The summed E-state index contributed by atoms with van der Waals surface area (Å²) in [6, 6.07) is 6.46. The molecule has 0 saturated heterocycles. The molecule has 17 heavy (non-hydrogen) atoms. The Balaban J connectivity index is 0. The average molecular weight is 454 g/mol. The van der Waals surface area contributed by atoms with Crippen LogP contribution in [0.5, 0.6) is 0 Å². The number of carbonyl (C=O) groups is 1. The van der Waals surface area contributed by atoms with Crippen LogP contribution in [0, 0.1) is 0 Å². The van der Waals surface area contributed by atoms with Crippen LogP contribution in [0.25, 0.3) is 0 Å². The number of hydrogen-bond donors (Lipinski definition) is 1. The van der Waals surface area contributed by atoms with Gasteiger partial charge in [0.15, 0.2) is 0 Å². The van der Waals surface area contributed by atoms with E-state index in [1.165, 1.54) is 18.4 Å². The van der Waals surface area contributed by atoms with Crippen LogP contribution in [-0.2, 0) is 35.0 Å². The molecule has 0 unspecified atom stereocenters. The van der Waals surface area contributed by atoms with E-state index >= 15 is 0 Å². The molecule has 1 aromatic rings. The first kappa shape index (κ1) is 19.4. The van der Waals surface area contributed by atoms with E-state index in [-0.39, 0.29) is 27.9 Å². The summed E-state index contributed by atoms with van der Waals surface area (Å²) in [4.78, 5) is 10.7. The summed E-state index contributed by atoms with van der Waals surface area (Å²) in [5.74, 6) is -0.967. The van der Waals surface area contributed by atoms with E-state index in [0.717, 1.165) is 0 Å². The molecule has 2 nitrogen and oxygen atoms in total. The van der Waals surface area contributed by atoms with Crippen LogP contribution in [0.2, 0.25) is 0 Å². The van der Waals surface area contributed by atoms with Crippen LogP contribution in [0.4, 0.5) is 0 Å². The van der Waals surface area contributed by atoms with E-state index in [4.69, 9.17) is 17.7 Å². The first-order valence-corrected chi connectivity index (χ1v) is 7.77. The molecule has 0 radical (unpaired) electrons. The molecular weight excluding hydrogens is 436 g/mol. The van der Waals surface area contributed by atoms with E-state index in [0.29, 0.717) is 12.8 Å². The largest absolute Gasteiger partial charge is 1.00 e. The monoisotopic (exact) mass is 454 g/mol. The number of carboxylic acid groups (broad SMARTS) is 1. The van der Waals surface area contributed by atoms with Crippen LogP contribution in [0.15, 0.2) is 29.2 Å². The Kier molecular flexibility index (Phi) is 12.8. The van der Waals surface area contributed by atoms with Gasteiger partial charge in [-0.1, -0.05) is 32.0 Å². The Hall–Kier alpha value is 0.0803. The molecule has 0 aliphatic carbocycles. The van der Waals surface area contributed by atoms with Crippen molar-refractivity contribution in [3.63, 3.8) is 0 Å². The SMILES string of the molecule is CCP(C)CC.O=C(O)c1ccccc1[S-].[Au+]. The quantitative estimate of drug-likeness (QED) is 0.432. The maximum Gasteiger partial charge on any atom is 1.00 e. The summed E-state index contributed by atoms with van der Waals surface area (Å²) in [6.45, 7) is 6.86. The van der Waals surface area contributed by atoms with Crippen LogP contribution in [0.1, 0.15) is 24.2 Å². The van der Waals surface area contributed by atoms with Crippen molar-refractivity contribution in [1.29, 1.82) is 0 Å². The Labute approximate surface area is 126 Å². The zero-order valence-corrected chi connectivity index (χ0v) is 14.1. The van der Waals surface area contributed by atoms with Gasteiger partial charge in [0.2, 0.25) is 0 Å². The number of aromatic carboxylic acids is 1. The number of carboxylic acids is 1. The van der Waals surface area contributed by atoms with Gasteiger partial charge in [0.1, 0.15) is 0 Å². The minimum absolute atomic E-state index is 0. The van der Waals surface area contributed by atoms with Gasteiger partial charge in [0, 0.05) is 5.56 Å². The Morgan fingerprint density at radius 3 is 2.00 bits per heavy atom. The van der Waals surface area contributed by atoms with Crippen molar-refractivity contribution in [1.82, 2.24) is 0 Å². The molecule has 0 aromatic heterocycles. The van der Waals surface area contributed by atoms with E-state index in [1.54, 1.807) is 18.2 Å². The average Bonchev–Trinajstić information content (AvgIpc) is 2.29. The fourth-order valence-electron chi connectivity index (χ4n) is 0.867. The first-order chi connectivity index (χ1) is 7.52. The van der Waals surface area contributed by atoms with Gasteiger partial charge in [-0.3, -0.25) is 0 Å². The van der Waals surface area contributed by atoms with Crippen molar-refractivity contribution >= 4 is 26.5 Å². The Morgan fingerprint density at radius 2 is 1.76 bits per heavy atom. The van der Waals surface area contributed by atoms with Crippen LogP contribution in [-0.4, -0.2) is 30.1 Å². The van der Waals surface area contributed by atoms with Gasteiger partial charge in [0.05, 0.1) is 0 Å². The van der Waals surface area contributed by atoms with Gasteiger partial charge in [-0.2, -0.15) is 4.90 Å². The minimum atomic E-state index is -0.967. The Bertz CT molecular complexity index is 330. The zero-order valence-electron chi connectivity index (χ0n) is 10.2. The maximum absolute atomic E-state index is 10.4. The molecule has 0 spiro atoms. The smallest absolute Gasteiger partial charge is 0.779 e. The fourth-order valence-corrected chi connectivity index (χ4v) is 1.55. The van der Waals surface area contributed by atoms with Crippen molar-refractivity contribution in [3.8, 4) is 0 Å². The van der Waals surface area contributed by atoms with E-state index in [2.05, 4.69) is 20.5 Å². The van der Waals surface area contributed by atoms with E-state index in [1.807, 2.05) is 0 Å². The molecule has 1 aromatic carbocycles. The third-order valence-electron chi connectivity index (χ3n) is 2.20. The normalized spacial score (nSPS) is 8.94. The molecule has 0 aliphatic rings. The van der Waals surface area contributed by atoms with Gasteiger partial charge in [-0.15, -0.1) is 7.92 Å². The number of hydrogen-bond acceptors (Lipinski definition) is 2. The summed E-state index contributed by atoms with van der Waals surface area (Å²) in [5.41, 5.74) is 0.192. The minimum Gasteiger partial charge on any atom is -0.779 e. The standard InChI is InChI=1S/C7H6O2S.C5H13P.Au/c8-7(9)5-3-1-2-4-6(5)10;1-4-6(3)5-2;/h1-4,10H,(H,8,9);4-5H2,1-3H3;/q;;+1/p-1. The first-order valence-electron chi connectivity index (χ1n) is 5.20. The molecule has 0 aliphatic heterocycles. The van der Waals surface area contributed by atoms with Gasteiger partial charge < -0.3 is 17.7 Å². The molecule has 1 N–H and O–H groups in total. The summed E-state index contributed by atoms with van der Waals surface area (Å²) >= 11 is 4.75. The van der Waals surface area contributed by atoms with Crippen molar-refractivity contribution in [2.24, 2.45) is 0 Å². The van der Waals surface area contributed by atoms with Crippen LogP contribution >= 0.6 is 7.92 Å². The predicted octanol–water partition coefficient (Wildman–Crippen LogP) is 3.43. The topological polar surface area (TPSA) is 37.3 Å². The summed E-state index contributed by atoms with van der Waals surface area (Å²) < 4.78 is 0. The van der Waals surface area contributed by atoms with E-state index in [9.17, 15) is 4.79 Å². The van der Waals surface area contributed by atoms with Gasteiger partial charge in [-0.25, -0.2) is 4.79 Å². The summed E-state index contributed by atoms with van der Waals surface area (Å²) in [5, 5.41) is 8.50. The second-order valence-electron chi connectivity index (χ2n) is 3.29. The second kappa shape index (κ2) is 11.2. The van der Waals surface area contributed by atoms with Gasteiger partial charge in [-0.05, 0) is 25.1 Å². The molecular formula is C12H18AuO2PS. The molecule has 0 heterocycles. The number of benzene rings is 1. The van der Waals surface area contributed by atoms with Gasteiger partial charge in [0.25, 0.3) is 0 Å². The third-order valence-corrected chi connectivity index (χ3v) is 4.71. The van der Waals surface area contributed by atoms with Crippen molar-refractivity contribution in [3.05, 3.63) is 29.8 Å². The van der Waals surface area contributed by atoms with Crippen molar-refractivity contribution in [2.45, 2.75) is 18.7 Å². The zero-order chi connectivity index (χ0) is 12.6. The predicted molar refractivity (Wildman–Crippen MR) is 73.0 cm³/mol. The molecule has 100 valence electrons. The molecule has 1 rings (SSSR count). The van der Waals surface area contributed by atoms with Crippen LogP contribution < -0.4 is 0 Å². The molecule has 0 atom stereocenters. The van der Waals surface area contributed by atoms with E-state index < -0.39 is 5.97 Å². The van der Waals surface area contributed by atoms with Crippen LogP contribution in [0.3, 0.4) is 0 Å². The second-order valence-corrected chi connectivity index (χ2v) is 6.71. The third kappa shape index (κ3) is 8.76. The molecule has 5 heteroatoms. The van der Waals surface area contributed by atoms with Crippen molar-refractivity contribution < 1.29 is 32.3 Å². The fraction of sp³-hybridized carbons (Fsp3) is 0.417. The number of rotatable bonds is 3. The molecule has 0 bridgehead atoms. The molecule has 0 saturated carbocycles. The van der Waals surface area contributed by atoms with Gasteiger partial charge >= 0.3 is 28.3 Å². The molecule has 0 amide bonds. The van der Waals surface area contributed by atoms with Crippen molar-refractivity contribution in [2.75, 3.05) is 19.0 Å². The Morgan fingerprint density at radius 1 is 1.29 bits per heavy atom. The summed E-state index contributed by atoms with van der Waals surface area (Å²) in [6.07, 6.45) is 2.79.